The average Bonchev–Trinajstić information content (AvgIpc) is 2.98. The molecular formula is C33H37NO4. The van der Waals surface area contributed by atoms with Gasteiger partial charge in [-0.25, -0.2) is 0 Å². The molecule has 1 aliphatic rings. The molecule has 0 bridgehead atoms. The Bertz CT molecular complexity index is 1360. The zero-order chi connectivity index (χ0) is 26.3. The van der Waals surface area contributed by atoms with E-state index in [1.54, 1.807) is 21.3 Å². The molecule has 198 valence electrons. The lowest BCUT2D eigenvalue weighted by Crippen LogP contribution is -2.33. The normalized spacial score (nSPS) is 14.7. The predicted octanol–water partition coefficient (Wildman–Crippen LogP) is 6.91. The van der Waals surface area contributed by atoms with E-state index in [4.69, 9.17) is 18.9 Å². The molecule has 1 unspecified atom stereocenters. The lowest BCUT2D eigenvalue weighted by Gasteiger charge is -2.28. The second kappa shape index (κ2) is 12.2. The van der Waals surface area contributed by atoms with Gasteiger partial charge in [0.1, 0.15) is 12.4 Å². The summed E-state index contributed by atoms with van der Waals surface area (Å²) < 4.78 is 23.9. The molecule has 0 amide bonds. The molecule has 5 rings (SSSR count). The molecule has 0 N–H and O–H groups in total. The van der Waals surface area contributed by atoms with E-state index in [9.17, 15) is 0 Å². The van der Waals surface area contributed by atoms with E-state index in [0.29, 0.717) is 23.9 Å². The summed E-state index contributed by atoms with van der Waals surface area (Å²) in [5.41, 5.74) is 3.27. The van der Waals surface area contributed by atoms with Crippen LogP contribution in [0.15, 0.2) is 78.9 Å². The highest BCUT2D eigenvalue weighted by Gasteiger charge is 2.28. The van der Waals surface area contributed by atoms with Crippen molar-refractivity contribution in [2.75, 3.05) is 47.6 Å². The van der Waals surface area contributed by atoms with Crippen LogP contribution in [-0.4, -0.2) is 52.5 Å². The molecule has 5 nitrogen and oxygen atoms in total. The van der Waals surface area contributed by atoms with Crippen LogP contribution in [0.1, 0.15) is 41.9 Å². The molecule has 0 aromatic heterocycles. The van der Waals surface area contributed by atoms with Crippen LogP contribution in [0.5, 0.6) is 23.0 Å². The van der Waals surface area contributed by atoms with Crippen molar-refractivity contribution in [3.05, 3.63) is 95.6 Å². The smallest absolute Gasteiger partial charge is 0.203 e. The van der Waals surface area contributed by atoms with Crippen LogP contribution in [-0.2, 0) is 0 Å². The van der Waals surface area contributed by atoms with Gasteiger partial charge >= 0.3 is 0 Å². The highest BCUT2D eigenvalue weighted by Crippen LogP contribution is 2.48. The fourth-order valence-corrected chi connectivity index (χ4v) is 5.67. The van der Waals surface area contributed by atoms with E-state index in [0.717, 1.165) is 36.5 Å². The van der Waals surface area contributed by atoms with E-state index in [-0.39, 0.29) is 5.92 Å². The molecule has 4 aromatic carbocycles. The number of fused-ring (bicyclic) bond motifs is 1. The second-order valence-corrected chi connectivity index (χ2v) is 9.71. The van der Waals surface area contributed by atoms with Crippen LogP contribution in [0.4, 0.5) is 0 Å². The van der Waals surface area contributed by atoms with Crippen molar-refractivity contribution >= 4 is 10.8 Å². The average molecular weight is 512 g/mol. The third-order valence-corrected chi connectivity index (χ3v) is 7.52. The zero-order valence-corrected chi connectivity index (χ0v) is 22.6. The highest BCUT2D eigenvalue weighted by atomic mass is 16.5. The van der Waals surface area contributed by atoms with Crippen molar-refractivity contribution < 1.29 is 18.9 Å². The molecule has 1 fully saturated rings. The van der Waals surface area contributed by atoms with E-state index in [1.807, 2.05) is 12.1 Å². The molecule has 1 saturated heterocycles. The van der Waals surface area contributed by atoms with Crippen LogP contribution in [0.3, 0.4) is 0 Å². The monoisotopic (exact) mass is 511 g/mol. The quantitative estimate of drug-likeness (QED) is 0.216. The number of piperidine rings is 1. The molecule has 1 heterocycles. The minimum absolute atomic E-state index is 0.151. The standard InChI is InChI=1S/C33H37NO4/c1-35-30-19-18-28(32(36-2)33(30)37-3)31(26-16-11-13-24-12-5-6-14-25(24)26)27-15-7-8-17-29(27)38-23-22-34-20-9-4-10-21-34/h5-8,11-19,31H,4,9-10,20-23H2,1-3H3. The van der Waals surface area contributed by atoms with Gasteiger partial charge < -0.3 is 18.9 Å². The molecule has 38 heavy (non-hydrogen) atoms. The van der Waals surface area contributed by atoms with Crippen molar-refractivity contribution in [2.24, 2.45) is 0 Å². The first-order chi connectivity index (χ1) is 18.7. The Morgan fingerprint density at radius 3 is 2.13 bits per heavy atom. The van der Waals surface area contributed by atoms with Gasteiger partial charge in [0.25, 0.3) is 0 Å². The first kappa shape index (κ1) is 25.9. The van der Waals surface area contributed by atoms with Crippen LogP contribution in [0, 0.1) is 0 Å². The fraction of sp³-hybridized carbons (Fsp3) is 0.333. The maximum absolute atomic E-state index is 6.51. The summed E-state index contributed by atoms with van der Waals surface area (Å²) in [6.45, 7) is 3.91. The van der Waals surface area contributed by atoms with Gasteiger partial charge in [0.05, 0.1) is 21.3 Å². The Labute approximate surface area is 225 Å². The highest BCUT2D eigenvalue weighted by molar-refractivity contribution is 5.87. The van der Waals surface area contributed by atoms with Crippen molar-refractivity contribution in [2.45, 2.75) is 25.2 Å². The number of hydrogen-bond donors (Lipinski definition) is 0. The fourth-order valence-electron chi connectivity index (χ4n) is 5.67. The van der Waals surface area contributed by atoms with E-state index in [2.05, 4.69) is 71.6 Å². The third kappa shape index (κ3) is 5.30. The summed E-state index contributed by atoms with van der Waals surface area (Å²) in [4.78, 5) is 2.51. The lowest BCUT2D eigenvalue weighted by molar-refractivity contribution is 0.182. The molecule has 0 aliphatic carbocycles. The summed E-state index contributed by atoms with van der Waals surface area (Å²) in [5.74, 6) is 2.62. The number of rotatable bonds is 10. The number of nitrogens with zero attached hydrogens (tertiary/aromatic N) is 1. The zero-order valence-electron chi connectivity index (χ0n) is 22.6. The van der Waals surface area contributed by atoms with E-state index in [1.165, 1.54) is 35.6 Å². The first-order valence-corrected chi connectivity index (χ1v) is 13.5. The van der Waals surface area contributed by atoms with Crippen molar-refractivity contribution in [3.8, 4) is 23.0 Å². The largest absolute Gasteiger partial charge is 0.493 e. The summed E-state index contributed by atoms with van der Waals surface area (Å²) in [5, 5.41) is 2.39. The van der Waals surface area contributed by atoms with Gasteiger partial charge in [0, 0.05) is 23.6 Å². The maximum atomic E-state index is 6.51. The molecule has 0 saturated carbocycles. The number of ether oxygens (including phenoxy) is 4. The number of para-hydroxylation sites is 1. The molecule has 1 aliphatic heterocycles. The number of methoxy groups -OCH3 is 3. The van der Waals surface area contributed by atoms with Gasteiger partial charge in [-0.1, -0.05) is 73.2 Å². The van der Waals surface area contributed by atoms with Gasteiger partial charge in [-0.15, -0.1) is 0 Å². The van der Waals surface area contributed by atoms with Crippen molar-refractivity contribution in [3.63, 3.8) is 0 Å². The number of likely N-dealkylation sites (tertiary alicyclic amines) is 1. The third-order valence-electron chi connectivity index (χ3n) is 7.52. The van der Waals surface area contributed by atoms with Gasteiger partial charge in [-0.3, -0.25) is 4.90 Å². The number of benzene rings is 4. The maximum Gasteiger partial charge on any atom is 0.203 e. The minimum atomic E-state index is -0.151. The van der Waals surface area contributed by atoms with Crippen LogP contribution >= 0.6 is 0 Å². The Morgan fingerprint density at radius 2 is 1.34 bits per heavy atom. The van der Waals surface area contributed by atoms with E-state index >= 15 is 0 Å². The lowest BCUT2D eigenvalue weighted by atomic mass is 9.81. The van der Waals surface area contributed by atoms with Gasteiger partial charge in [-0.05, 0) is 54.4 Å². The predicted molar refractivity (Wildman–Crippen MR) is 153 cm³/mol. The number of hydrogen-bond acceptors (Lipinski definition) is 5. The Balaban J connectivity index is 1.63. The molecule has 0 spiro atoms. The Hall–Kier alpha value is -3.70. The van der Waals surface area contributed by atoms with Gasteiger partial charge in [0.15, 0.2) is 11.5 Å². The topological polar surface area (TPSA) is 40.2 Å². The summed E-state index contributed by atoms with van der Waals surface area (Å²) in [6, 6.07) is 27.4. The molecule has 0 radical (unpaired) electrons. The summed E-state index contributed by atoms with van der Waals surface area (Å²) in [6.07, 6.45) is 3.89. The van der Waals surface area contributed by atoms with Crippen LogP contribution in [0.25, 0.3) is 10.8 Å². The SMILES string of the molecule is COc1ccc(C(c2ccccc2OCCN2CCCCC2)c2cccc3ccccc23)c(OC)c1OC. The minimum Gasteiger partial charge on any atom is -0.493 e. The molecule has 1 atom stereocenters. The van der Waals surface area contributed by atoms with E-state index < -0.39 is 0 Å². The van der Waals surface area contributed by atoms with Crippen LogP contribution in [0.2, 0.25) is 0 Å². The first-order valence-electron chi connectivity index (χ1n) is 13.5. The van der Waals surface area contributed by atoms with Gasteiger partial charge in [-0.2, -0.15) is 0 Å². The van der Waals surface area contributed by atoms with Gasteiger partial charge in [0.2, 0.25) is 5.75 Å². The molecule has 5 heteroatoms. The molecule has 4 aromatic rings. The summed E-state index contributed by atoms with van der Waals surface area (Å²) in [7, 11) is 4.97. The second-order valence-electron chi connectivity index (χ2n) is 9.71. The van der Waals surface area contributed by atoms with Crippen molar-refractivity contribution in [1.29, 1.82) is 0 Å². The molecular weight excluding hydrogens is 474 g/mol. The Kier molecular flexibility index (Phi) is 8.34. The van der Waals surface area contributed by atoms with Crippen LogP contribution < -0.4 is 18.9 Å². The Morgan fingerprint density at radius 1 is 0.632 bits per heavy atom. The summed E-state index contributed by atoms with van der Waals surface area (Å²) >= 11 is 0. The van der Waals surface area contributed by atoms with Crippen molar-refractivity contribution in [1.82, 2.24) is 4.90 Å².